The Morgan fingerprint density at radius 3 is 1.52 bits per heavy atom. The Hall–Kier alpha value is 0.980. The van der Waals surface area contributed by atoms with Gasteiger partial charge in [-0.25, -0.2) is 0 Å². The molecule has 0 N–H and O–H groups in total. The van der Waals surface area contributed by atoms with Crippen LogP contribution >= 0.6 is 11.6 Å². The van der Waals surface area contributed by atoms with Gasteiger partial charge in [-0.05, 0) is 32.1 Å². The van der Waals surface area contributed by atoms with Crippen LogP contribution in [0.4, 0.5) is 0 Å². The Morgan fingerprint density at radius 2 is 1.00 bits per heavy atom. The monoisotopic (exact) mass is 431 g/mol. The van der Waals surface area contributed by atoms with E-state index in [1.54, 1.807) is 0 Å². The van der Waals surface area contributed by atoms with Gasteiger partial charge >= 0.3 is 0 Å². The van der Waals surface area contributed by atoms with Crippen molar-refractivity contribution in [3.05, 3.63) is 0 Å². The first-order valence-corrected chi connectivity index (χ1v) is 9.69. The van der Waals surface area contributed by atoms with E-state index < -0.39 is 0 Å². The van der Waals surface area contributed by atoms with Gasteiger partial charge < -0.3 is 28.5 Å². The maximum absolute atomic E-state index is 5.98. The average molecular weight is 432 g/mol. The van der Waals surface area contributed by atoms with Crippen LogP contribution in [0.5, 0.6) is 0 Å². The molecule has 21 heavy (non-hydrogen) atoms. The van der Waals surface area contributed by atoms with Crippen molar-refractivity contribution in [2.45, 2.75) is 85.0 Å². The van der Waals surface area contributed by atoms with E-state index in [-0.39, 0.29) is 24.0 Å². The molecule has 0 fully saturated rings. The van der Waals surface area contributed by atoms with Crippen LogP contribution in [0.1, 0.15) is 85.0 Å². The third-order valence-corrected chi connectivity index (χ3v) is 4.74. The number of alkyl halides is 1. The lowest BCUT2D eigenvalue weighted by Gasteiger charge is -2.39. The highest BCUT2D eigenvalue weighted by molar-refractivity contribution is 6.17. The molecule has 0 aromatic carbocycles. The molecule has 0 aromatic rings. The summed E-state index contributed by atoms with van der Waals surface area (Å²) >= 11 is 5.98. The minimum Gasteiger partial charge on any atom is -1.00 e. The zero-order valence-electron chi connectivity index (χ0n) is 14.8. The Kier molecular flexibility index (Phi) is 20.0. The van der Waals surface area contributed by atoms with E-state index in [0.717, 1.165) is 5.88 Å². The number of rotatable bonds is 15. The molecule has 1 nitrogen and oxygen atoms in total. The maximum Gasteiger partial charge on any atom is 0.0798 e. The van der Waals surface area contributed by atoms with E-state index >= 15 is 0 Å². The van der Waals surface area contributed by atoms with Crippen molar-refractivity contribution < 1.29 is 28.5 Å². The minimum absolute atomic E-state index is 0. The van der Waals surface area contributed by atoms with Crippen molar-refractivity contribution in [2.24, 2.45) is 0 Å². The average Bonchev–Trinajstić information content (AvgIpc) is 2.47. The molecule has 1 atom stereocenters. The van der Waals surface area contributed by atoms with Gasteiger partial charge in [0, 0.05) is 12.3 Å². The predicted octanol–water partition coefficient (Wildman–Crippen LogP) is 3.01. The fraction of sp³-hybridized carbons (Fsp3) is 1.00. The lowest BCUT2D eigenvalue weighted by atomic mass is 10.1. The van der Waals surface area contributed by atoms with E-state index in [0.29, 0.717) is 0 Å². The van der Waals surface area contributed by atoms with Crippen LogP contribution in [0.15, 0.2) is 0 Å². The number of unbranched alkanes of at least 4 members (excludes halogenated alkanes) is 6. The molecule has 0 radical (unpaired) electrons. The van der Waals surface area contributed by atoms with Crippen molar-refractivity contribution in [2.75, 3.05) is 32.1 Å². The van der Waals surface area contributed by atoms with Crippen LogP contribution in [0.3, 0.4) is 0 Å². The van der Waals surface area contributed by atoms with Gasteiger partial charge in [0.25, 0.3) is 0 Å². The highest BCUT2D eigenvalue weighted by Crippen LogP contribution is 2.17. The van der Waals surface area contributed by atoms with Gasteiger partial charge in [0.2, 0.25) is 0 Å². The zero-order chi connectivity index (χ0) is 15.1. The van der Waals surface area contributed by atoms with Gasteiger partial charge in [-0.15, -0.1) is 11.6 Å². The quantitative estimate of drug-likeness (QED) is 0.162. The second-order valence-electron chi connectivity index (χ2n) is 6.40. The summed E-state index contributed by atoms with van der Waals surface area (Å²) in [5.74, 6) is 0.828. The van der Waals surface area contributed by atoms with Crippen molar-refractivity contribution in [1.82, 2.24) is 0 Å². The molecule has 0 heterocycles. The zero-order valence-corrected chi connectivity index (χ0v) is 17.7. The number of halogens is 2. The van der Waals surface area contributed by atoms with Crippen LogP contribution in [0.2, 0.25) is 0 Å². The second kappa shape index (κ2) is 17.3. The molecule has 3 heteroatoms. The van der Waals surface area contributed by atoms with E-state index in [9.17, 15) is 0 Å². The molecule has 0 bridgehead atoms. The third kappa shape index (κ3) is 13.1. The van der Waals surface area contributed by atoms with Crippen LogP contribution in [-0.2, 0) is 0 Å². The van der Waals surface area contributed by atoms with Crippen LogP contribution in [-0.4, -0.2) is 36.5 Å². The normalized spacial score (nSPS) is 13.7. The summed E-state index contributed by atoms with van der Waals surface area (Å²) in [5, 5.41) is 0. The Bertz CT molecular complexity index is 192. The number of hydrogen-bond acceptors (Lipinski definition) is 0. The highest BCUT2D eigenvalue weighted by Gasteiger charge is 2.25. The van der Waals surface area contributed by atoms with Gasteiger partial charge in [0.1, 0.15) is 0 Å². The molecular formula is C18H39ClIN. The van der Waals surface area contributed by atoms with Gasteiger partial charge in [-0.2, -0.15) is 0 Å². The van der Waals surface area contributed by atoms with E-state index in [4.69, 9.17) is 11.6 Å². The Labute approximate surface area is 156 Å². The molecule has 1 unspecified atom stereocenters. The standard InChI is InChI=1S/C18H39ClN.HI/c1-4-7-10-12-17-20(15-9-6-3,18-13-14-19)16-11-8-5-2;/h4-18H2,1-3H3;1H/q+1;/p-1. The molecule has 0 rings (SSSR count). The maximum atomic E-state index is 5.98. The molecule has 0 aliphatic heterocycles. The fourth-order valence-electron chi connectivity index (χ4n) is 3.13. The van der Waals surface area contributed by atoms with Crippen molar-refractivity contribution in [3.8, 4) is 0 Å². The molecule has 0 aliphatic carbocycles. The summed E-state index contributed by atoms with van der Waals surface area (Å²) in [4.78, 5) is 0. The van der Waals surface area contributed by atoms with Crippen LogP contribution in [0.25, 0.3) is 0 Å². The molecular weight excluding hydrogens is 393 g/mol. The number of nitrogens with zero attached hydrogens (tertiary/aromatic N) is 1. The molecule has 0 aromatic heterocycles. The van der Waals surface area contributed by atoms with E-state index in [2.05, 4.69) is 20.8 Å². The van der Waals surface area contributed by atoms with Gasteiger partial charge in [0.15, 0.2) is 0 Å². The first-order valence-electron chi connectivity index (χ1n) is 9.15. The van der Waals surface area contributed by atoms with Crippen molar-refractivity contribution >= 4 is 11.6 Å². The lowest BCUT2D eigenvalue weighted by Crippen LogP contribution is -3.00. The van der Waals surface area contributed by atoms with E-state index in [1.807, 2.05) is 0 Å². The first-order chi connectivity index (χ1) is 9.74. The third-order valence-electron chi connectivity index (χ3n) is 4.47. The van der Waals surface area contributed by atoms with Crippen molar-refractivity contribution in [1.29, 1.82) is 0 Å². The molecule has 0 amide bonds. The van der Waals surface area contributed by atoms with Crippen LogP contribution < -0.4 is 24.0 Å². The SMILES string of the molecule is CCCCCC[N+](CCCC)(CCCCl)CCCCC.[I-]. The Morgan fingerprint density at radius 1 is 0.571 bits per heavy atom. The largest absolute Gasteiger partial charge is 1.00 e. The van der Waals surface area contributed by atoms with Crippen molar-refractivity contribution in [3.63, 3.8) is 0 Å². The highest BCUT2D eigenvalue weighted by atomic mass is 127. The molecule has 130 valence electrons. The fourth-order valence-corrected chi connectivity index (χ4v) is 3.25. The van der Waals surface area contributed by atoms with Gasteiger partial charge in [-0.3, -0.25) is 0 Å². The summed E-state index contributed by atoms with van der Waals surface area (Å²) < 4.78 is 1.35. The number of quaternary nitrogens is 1. The predicted molar refractivity (Wildman–Crippen MR) is 93.6 cm³/mol. The molecule has 0 saturated heterocycles. The lowest BCUT2D eigenvalue weighted by molar-refractivity contribution is -0.928. The first kappa shape index (κ1) is 24.2. The smallest absolute Gasteiger partial charge is 0.0798 e. The topological polar surface area (TPSA) is 0 Å². The summed E-state index contributed by atoms with van der Waals surface area (Å²) in [6.45, 7) is 12.4. The molecule has 0 saturated carbocycles. The minimum atomic E-state index is 0. The summed E-state index contributed by atoms with van der Waals surface area (Å²) in [5.41, 5.74) is 0. The molecule has 0 spiro atoms. The van der Waals surface area contributed by atoms with Gasteiger partial charge in [-0.1, -0.05) is 46.5 Å². The van der Waals surface area contributed by atoms with Gasteiger partial charge in [0.05, 0.1) is 26.2 Å². The number of hydrogen-bond donors (Lipinski definition) is 0. The second-order valence-corrected chi connectivity index (χ2v) is 6.78. The van der Waals surface area contributed by atoms with Crippen LogP contribution in [0, 0.1) is 0 Å². The van der Waals surface area contributed by atoms with E-state index in [1.165, 1.54) is 94.9 Å². The summed E-state index contributed by atoms with van der Waals surface area (Å²) in [6, 6.07) is 0. The molecule has 0 aliphatic rings. The summed E-state index contributed by atoms with van der Waals surface area (Å²) in [6.07, 6.45) is 13.6. The Balaban J connectivity index is 0. The summed E-state index contributed by atoms with van der Waals surface area (Å²) in [7, 11) is 0.